The third kappa shape index (κ3) is 3.64. The molecule has 0 bridgehead atoms. The zero-order valence-corrected chi connectivity index (χ0v) is 12.7. The standard InChI is InChI=1S/C14H27N3S/c1-3-17(4-2)11-7-10-15-13-16-14(12-18-13)8-5-6-9-14/h3-12H2,1-2H3,(H,15,16). The molecule has 0 aromatic heterocycles. The lowest BCUT2D eigenvalue weighted by Crippen LogP contribution is -2.40. The maximum Gasteiger partial charge on any atom is 0.157 e. The molecule has 4 heteroatoms. The topological polar surface area (TPSA) is 27.6 Å². The summed E-state index contributed by atoms with van der Waals surface area (Å²) < 4.78 is 0. The number of rotatable bonds is 6. The second kappa shape index (κ2) is 6.80. The number of nitrogens with zero attached hydrogens (tertiary/aromatic N) is 2. The molecule has 2 rings (SSSR count). The second-order valence-electron chi connectivity index (χ2n) is 5.47. The molecular weight excluding hydrogens is 242 g/mol. The van der Waals surface area contributed by atoms with Crippen LogP contribution < -0.4 is 5.32 Å². The highest BCUT2D eigenvalue weighted by Gasteiger charge is 2.39. The van der Waals surface area contributed by atoms with Crippen LogP contribution in [0.2, 0.25) is 0 Å². The summed E-state index contributed by atoms with van der Waals surface area (Å²) in [4.78, 5) is 7.19. The van der Waals surface area contributed by atoms with E-state index in [9.17, 15) is 0 Å². The van der Waals surface area contributed by atoms with Crippen LogP contribution in [-0.4, -0.2) is 47.5 Å². The zero-order valence-electron chi connectivity index (χ0n) is 11.9. The van der Waals surface area contributed by atoms with Crippen molar-refractivity contribution < 1.29 is 0 Å². The van der Waals surface area contributed by atoms with Crippen LogP contribution in [0.4, 0.5) is 0 Å². The number of amidine groups is 1. The minimum Gasteiger partial charge on any atom is -0.359 e. The normalized spacial score (nSPS) is 24.3. The summed E-state index contributed by atoms with van der Waals surface area (Å²) in [6, 6.07) is 0. The molecule has 1 spiro atoms. The van der Waals surface area contributed by atoms with Crippen LogP contribution in [0.5, 0.6) is 0 Å². The first kappa shape index (κ1) is 14.2. The molecule has 1 aliphatic heterocycles. The molecule has 0 amide bonds. The van der Waals surface area contributed by atoms with Crippen molar-refractivity contribution in [3.8, 4) is 0 Å². The van der Waals surface area contributed by atoms with Crippen LogP contribution in [0.15, 0.2) is 4.99 Å². The molecule has 104 valence electrons. The first-order chi connectivity index (χ1) is 8.78. The predicted octanol–water partition coefficient (Wildman–Crippen LogP) is 2.72. The van der Waals surface area contributed by atoms with E-state index in [-0.39, 0.29) is 0 Å². The predicted molar refractivity (Wildman–Crippen MR) is 81.5 cm³/mol. The number of hydrogen-bond acceptors (Lipinski definition) is 3. The fraction of sp³-hybridized carbons (Fsp3) is 0.929. The first-order valence-corrected chi connectivity index (χ1v) is 8.44. The molecule has 1 aliphatic carbocycles. The van der Waals surface area contributed by atoms with E-state index in [2.05, 4.69) is 24.1 Å². The quantitative estimate of drug-likeness (QED) is 0.751. The Bertz CT molecular complexity index is 281. The van der Waals surface area contributed by atoms with Gasteiger partial charge in [0.1, 0.15) is 0 Å². The van der Waals surface area contributed by atoms with Gasteiger partial charge in [-0.25, -0.2) is 0 Å². The Morgan fingerprint density at radius 1 is 1.28 bits per heavy atom. The number of thioether (sulfide) groups is 1. The Kier molecular flexibility index (Phi) is 5.37. The smallest absolute Gasteiger partial charge is 0.157 e. The summed E-state index contributed by atoms with van der Waals surface area (Å²) in [5.41, 5.74) is 0.419. The maximum absolute atomic E-state index is 4.72. The molecule has 18 heavy (non-hydrogen) atoms. The van der Waals surface area contributed by atoms with Gasteiger partial charge < -0.3 is 10.2 Å². The van der Waals surface area contributed by atoms with E-state index in [1.54, 1.807) is 0 Å². The fourth-order valence-corrected chi connectivity index (χ4v) is 4.17. The van der Waals surface area contributed by atoms with Gasteiger partial charge in [-0.05, 0) is 38.9 Å². The van der Waals surface area contributed by atoms with Crippen molar-refractivity contribution in [1.82, 2.24) is 10.2 Å². The van der Waals surface area contributed by atoms with Crippen molar-refractivity contribution >= 4 is 16.9 Å². The van der Waals surface area contributed by atoms with Crippen LogP contribution in [-0.2, 0) is 0 Å². The molecule has 1 saturated heterocycles. The Labute approximate surface area is 116 Å². The van der Waals surface area contributed by atoms with Gasteiger partial charge in [0, 0.05) is 17.8 Å². The third-order valence-corrected chi connectivity index (χ3v) is 5.40. The SMILES string of the molecule is CCN(CC)CCCN=C1NC2(CCCC2)CS1. The maximum atomic E-state index is 4.72. The number of nitrogens with one attached hydrogen (secondary N) is 1. The van der Waals surface area contributed by atoms with Crippen molar-refractivity contribution in [3.63, 3.8) is 0 Å². The van der Waals surface area contributed by atoms with Gasteiger partial charge in [0.25, 0.3) is 0 Å². The zero-order chi connectivity index (χ0) is 12.8. The van der Waals surface area contributed by atoms with Crippen LogP contribution in [0, 0.1) is 0 Å². The van der Waals surface area contributed by atoms with Gasteiger partial charge in [-0.2, -0.15) is 0 Å². The van der Waals surface area contributed by atoms with Crippen molar-refractivity contribution in [1.29, 1.82) is 0 Å². The summed E-state index contributed by atoms with van der Waals surface area (Å²) in [5, 5.41) is 4.89. The summed E-state index contributed by atoms with van der Waals surface area (Å²) in [5.74, 6) is 1.24. The van der Waals surface area contributed by atoms with Crippen LogP contribution in [0.3, 0.4) is 0 Å². The van der Waals surface area contributed by atoms with Crippen molar-refractivity contribution in [2.75, 3.05) is 31.9 Å². The Hall–Kier alpha value is -0.220. The van der Waals surface area contributed by atoms with E-state index in [1.807, 2.05) is 11.8 Å². The van der Waals surface area contributed by atoms with E-state index < -0.39 is 0 Å². The average Bonchev–Trinajstić information content (AvgIpc) is 3.01. The van der Waals surface area contributed by atoms with E-state index in [0.717, 1.165) is 19.6 Å². The van der Waals surface area contributed by atoms with Gasteiger partial charge in [0.15, 0.2) is 5.17 Å². The fourth-order valence-electron chi connectivity index (χ4n) is 2.93. The molecule has 0 unspecified atom stereocenters. The molecule has 3 nitrogen and oxygen atoms in total. The minimum atomic E-state index is 0.419. The lowest BCUT2D eigenvalue weighted by Gasteiger charge is -2.21. The van der Waals surface area contributed by atoms with Gasteiger partial charge in [-0.1, -0.05) is 38.5 Å². The molecule has 0 aromatic carbocycles. The van der Waals surface area contributed by atoms with Crippen LogP contribution in [0.25, 0.3) is 0 Å². The minimum absolute atomic E-state index is 0.419. The van der Waals surface area contributed by atoms with E-state index in [4.69, 9.17) is 4.99 Å². The summed E-state index contributed by atoms with van der Waals surface area (Å²) in [6.07, 6.45) is 6.66. The highest BCUT2D eigenvalue weighted by atomic mass is 32.2. The van der Waals surface area contributed by atoms with Crippen molar-refractivity contribution in [3.05, 3.63) is 0 Å². The van der Waals surface area contributed by atoms with Gasteiger partial charge >= 0.3 is 0 Å². The Balaban J connectivity index is 1.68. The van der Waals surface area contributed by atoms with Gasteiger partial charge in [-0.15, -0.1) is 0 Å². The molecule has 1 N–H and O–H groups in total. The third-order valence-electron chi connectivity index (χ3n) is 4.20. The highest BCUT2D eigenvalue weighted by molar-refractivity contribution is 8.14. The molecule has 0 aromatic rings. The largest absolute Gasteiger partial charge is 0.359 e. The average molecular weight is 269 g/mol. The summed E-state index contributed by atoms with van der Waals surface area (Å²) in [6.45, 7) is 8.93. The molecule has 1 heterocycles. The highest BCUT2D eigenvalue weighted by Crippen LogP contribution is 2.37. The first-order valence-electron chi connectivity index (χ1n) is 7.46. The Morgan fingerprint density at radius 2 is 2.00 bits per heavy atom. The van der Waals surface area contributed by atoms with Gasteiger partial charge in [-0.3, -0.25) is 4.99 Å². The number of aliphatic imine (C=N–C) groups is 1. The van der Waals surface area contributed by atoms with Crippen LogP contribution >= 0.6 is 11.8 Å². The molecule has 0 radical (unpaired) electrons. The van der Waals surface area contributed by atoms with Gasteiger partial charge in [0.2, 0.25) is 0 Å². The van der Waals surface area contributed by atoms with E-state index >= 15 is 0 Å². The van der Waals surface area contributed by atoms with Crippen LogP contribution in [0.1, 0.15) is 46.0 Å². The van der Waals surface area contributed by atoms with E-state index in [1.165, 1.54) is 49.6 Å². The van der Waals surface area contributed by atoms with Crippen molar-refractivity contribution in [2.24, 2.45) is 4.99 Å². The van der Waals surface area contributed by atoms with Crippen molar-refractivity contribution in [2.45, 2.75) is 51.5 Å². The molecule has 2 aliphatic rings. The second-order valence-corrected chi connectivity index (χ2v) is 6.43. The summed E-state index contributed by atoms with van der Waals surface area (Å²) in [7, 11) is 0. The lowest BCUT2D eigenvalue weighted by molar-refractivity contribution is 0.302. The number of hydrogen-bond donors (Lipinski definition) is 1. The summed E-state index contributed by atoms with van der Waals surface area (Å²) >= 11 is 1.93. The molecular formula is C14H27N3S. The lowest BCUT2D eigenvalue weighted by atomic mass is 10.0. The molecule has 1 saturated carbocycles. The molecule has 0 atom stereocenters. The van der Waals surface area contributed by atoms with E-state index in [0.29, 0.717) is 5.54 Å². The monoisotopic (exact) mass is 269 g/mol. The molecule has 2 fully saturated rings. The Morgan fingerprint density at radius 3 is 2.67 bits per heavy atom. The van der Waals surface area contributed by atoms with Gasteiger partial charge in [0.05, 0.1) is 0 Å².